The fraction of sp³-hybridized carbons (Fsp3) is 0.935. The van der Waals surface area contributed by atoms with Crippen molar-refractivity contribution in [3.63, 3.8) is 0 Å². The normalized spacial score (nSPS) is 17.6. The van der Waals surface area contributed by atoms with Gasteiger partial charge in [-0.15, -0.1) is 0 Å². The molecule has 2 fully saturated rings. The number of methoxy groups -OCH3 is 4. The van der Waals surface area contributed by atoms with Gasteiger partial charge in [-0.1, -0.05) is 158 Å². The highest BCUT2D eigenvalue weighted by Crippen LogP contribution is 2.22. The van der Waals surface area contributed by atoms with Crippen LogP contribution in [0.3, 0.4) is 0 Å². The van der Waals surface area contributed by atoms with Gasteiger partial charge in [0.05, 0.1) is 36.9 Å². The van der Waals surface area contributed by atoms with Gasteiger partial charge >= 0.3 is 23.9 Å². The SMILES string of the molecule is CC1CC(=O)OC1=O.CC1CC(=O)OC1=O.CCCCCCCCC(CCOCCC(C)CC)CCOCCC(CCOC)OC.CCCCCCCCC(CCOCCC(C)CC)CCOCCC(CCOC)OC. The summed E-state index contributed by atoms with van der Waals surface area (Å²) in [7, 11) is 7.03. The third kappa shape index (κ3) is 49.0. The number of unbranched alkanes of at least 4 members (excludes halogenated alkanes) is 10. The first kappa shape index (κ1) is 76.0. The molecule has 8 unspecified atom stereocenters. The third-order valence-electron chi connectivity index (χ3n) is 14.8. The van der Waals surface area contributed by atoms with Crippen LogP contribution < -0.4 is 0 Å². The van der Waals surface area contributed by atoms with E-state index in [0.29, 0.717) is 0 Å². The van der Waals surface area contributed by atoms with Crippen molar-refractivity contribution in [3.8, 4) is 0 Å². The fourth-order valence-corrected chi connectivity index (χ4v) is 8.54. The predicted octanol–water partition coefficient (Wildman–Crippen LogP) is 14.3. The average molecular weight is 1090 g/mol. The second kappa shape index (κ2) is 56.2. The maximum Gasteiger partial charge on any atom is 0.316 e. The molecule has 0 amide bonds. The van der Waals surface area contributed by atoms with Crippen molar-refractivity contribution in [2.75, 3.05) is 94.5 Å². The molecule has 0 saturated carbocycles. The second-order valence-electron chi connectivity index (χ2n) is 21.7. The molecule has 2 saturated heterocycles. The van der Waals surface area contributed by atoms with Gasteiger partial charge in [0, 0.05) is 94.5 Å². The van der Waals surface area contributed by atoms with Crippen molar-refractivity contribution >= 4 is 23.9 Å². The molecule has 0 aromatic rings. The Hall–Kier alpha value is -2.04. The minimum atomic E-state index is -0.400. The van der Waals surface area contributed by atoms with Gasteiger partial charge in [-0.2, -0.15) is 0 Å². The number of cyclic esters (lactones) is 4. The summed E-state index contributed by atoms with van der Waals surface area (Å²) < 4.78 is 53.4. The van der Waals surface area contributed by atoms with Gasteiger partial charge in [0.1, 0.15) is 0 Å². The van der Waals surface area contributed by atoms with Crippen molar-refractivity contribution in [1.82, 2.24) is 0 Å². The summed E-state index contributed by atoms with van der Waals surface area (Å²) in [6, 6.07) is 0. The van der Waals surface area contributed by atoms with E-state index in [1.807, 2.05) is 0 Å². The topological polar surface area (TPSA) is 161 Å². The summed E-state index contributed by atoms with van der Waals surface area (Å²) in [5, 5.41) is 0. The smallest absolute Gasteiger partial charge is 0.316 e. The third-order valence-corrected chi connectivity index (χ3v) is 14.8. The Morgan fingerprint density at radius 2 is 0.684 bits per heavy atom. The molecule has 0 spiro atoms. The van der Waals surface area contributed by atoms with Crippen LogP contribution in [0.4, 0.5) is 0 Å². The van der Waals surface area contributed by atoms with Crippen molar-refractivity contribution in [3.05, 3.63) is 0 Å². The molecule has 2 aliphatic heterocycles. The minimum Gasteiger partial charge on any atom is -0.393 e. The van der Waals surface area contributed by atoms with Crippen LogP contribution in [0.1, 0.15) is 235 Å². The first-order valence-electron chi connectivity index (χ1n) is 30.6. The Labute approximate surface area is 466 Å². The van der Waals surface area contributed by atoms with Gasteiger partial charge in [0.25, 0.3) is 0 Å². The summed E-state index contributed by atoms with van der Waals surface area (Å²) in [6.45, 7) is 25.4. The van der Waals surface area contributed by atoms with Gasteiger partial charge in [-0.25, -0.2) is 0 Å². The molecule has 0 aliphatic carbocycles. The van der Waals surface area contributed by atoms with E-state index in [1.165, 1.54) is 128 Å². The number of esters is 4. The van der Waals surface area contributed by atoms with Gasteiger partial charge in [-0.3, -0.25) is 19.2 Å². The molecular weight excluding hydrogens is 969 g/mol. The summed E-state index contributed by atoms with van der Waals surface area (Å²) in [5.74, 6) is 0.979. The Balaban J connectivity index is 0. The molecule has 14 nitrogen and oxygen atoms in total. The monoisotopic (exact) mass is 1090 g/mol. The molecule has 0 radical (unpaired) electrons. The minimum absolute atomic E-state index is 0.220. The Morgan fingerprint density at radius 1 is 0.395 bits per heavy atom. The van der Waals surface area contributed by atoms with E-state index in [1.54, 1.807) is 42.3 Å². The van der Waals surface area contributed by atoms with Crippen LogP contribution in [-0.2, 0) is 66.5 Å². The maximum absolute atomic E-state index is 10.3. The van der Waals surface area contributed by atoms with E-state index >= 15 is 0 Å². The lowest BCUT2D eigenvalue weighted by Gasteiger charge is -2.18. The largest absolute Gasteiger partial charge is 0.393 e. The number of carbonyl (C=O) groups is 4. The number of hydrogen-bond acceptors (Lipinski definition) is 14. The molecule has 2 rings (SSSR count). The number of hydrogen-bond donors (Lipinski definition) is 0. The van der Waals surface area contributed by atoms with Crippen LogP contribution in [0, 0.1) is 35.5 Å². The van der Waals surface area contributed by atoms with E-state index in [4.69, 9.17) is 37.9 Å². The van der Waals surface area contributed by atoms with Gasteiger partial charge in [-0.05, 0) is 87.9 Å². The summed E-state index contributed by atoms with van der Waals surface area (Å²) in [4.78, 5) is 41.1. The van der Waals surface area contributed by atoms with E-state index in [2.05, 4.69) is 51.0 Å². The number of rotatable bonds is 48. The standard InChI is InChI=1S/2C26H54O4.2C5H6O3/c2*1-6-8-9-10-11-12-13-25(15-21-29-20-14-24(3)7-2)16-22-30-23-18-26(28-5)17-19-27-4;2*1-3-2-4(6)8-5(3)7/h2*24-26H,6-23H2,1-5H3;2*3H,2H2,1H3. The number of carbonyl (C=O) groups excluding carboxylic acids is 4. The highest BCUT2D eigenvalue weighted by atomic mass is 16.6. The van der Waals surface area contributed by atoms with Crippen molar-refractivity contribution in [1.29, 1.82) is 0 Å². The van der Waals surface area contributed by atoms with E-state index in [9.17, 15) is 19.2 Å². The lowest BCUT2D eigenvalue weighted by atomic mass is 9.94. The molecule has 2 aliphatic rings. The summed E-state index contributed by atoms with van der Waals surface area (Å²) in [5.41, 5.74) is 0. The van der Waals surface area contributed by atoms with Crippen LogP contribution in [0.2, 0.25) is 0 Å². The molecular formula is C62H120O14. The molecule has 8 atom stereocenters. The van der Waals surface area contributed by atoms with Crippen LogP contribution in [0.15, 0.2) is 0 Å². The quantitative estimate of drug-likeness (QED) is 0.0321. The zero-order chi connectivity index (χ0) is 56.9. The lowest BCUT2D eigenvalue weighted by molar-refractivity contribution is -0.154. The van der Waals surface area contributed by atoms with Crippen LogP contribution in [0.5, 0.6) is 0 Å². The molecule has 452 valence electrons. The molecule has 14 heteroatoms. The summed E-state index contributed by atoms with van der Waals surface area (Å²) in [6.07, 6.45) is 33.3. The van der Waals surface area contributed by atoms with Crippen molar-refractivity contribution in [2.24, 2.45) is 35.5 Å². The highest BCUT2D eigenvalue weighted by Gasteiger charge is 2.29. The second-order valence-corrected chi connectivity index (χ2v) is 21.7. The molecule has 76 heavy (non-hydrogen) atoms. The van der Waals surface area contributed by atoms with Crippen LogP contribution in [-0.4, -0.2) is 131 Å². The zero-order valence-corrected chi connectivity index (χ0v) is 51.2. The molecule has 0 aromatic heterocycles. The highest BCUT2D eigenvalue weighted by molar-refractivity contribution is 5.94. The molecule has 0 aromatic carbocycles. The van der Waals surface area contributed by atoms with Gasteiger partial charge in [0.15, 0.2) is 0 Å². The summed E-state index contributed by atoms with van der Waals surface area (Å²) >= 11 is 0. The predicted molar refractivity (Wildman–Crippen MR) is 306 cm³/mol. The zero-order valence-electron chi connectivity index (χ0n) is 51.2. The molecule has 0 bridgehead atoms. The Morgan fingerprint density at radius 3 is 0.934 bits per heavy atom. The lowest BCUT2D eigenvalue weighted by Crippen LogP contribution is -2.17. The first-order valence-corrected chi connectivity index (χ1v) is 30.6. The van der Waals surface area contributed by atoms with Gasteiger partial charge in [0.2, 0.25) is 0 Å². The van der Waals surface area contributed by atoms with Crippen molar-refractivity contribution in [2.45, 2.75) is 247 Å². The van der Waals surface area contributed by atoms with Gasteiger partial charge < -0.3 is 47.4 Å². The first-order chi connectivity index (χ1) is 36.7. The molecule has 0 N–H and O–H groups in total. The van der Waals surface area contributed by atoms with Crippen molar-refractivity contribution < 1.29 is 66.5 Å². The van der Waals surface area contributed by atoms with Crippen LogP contribution >= 0.6 is 0 Å². The maximum atomic E-state index is 10.3. The number of ether oxygens (including phenoxy) is 10. The van der Waals surface area contributed by atoms with E-state index in [-0.39, 0.29) is 36.9 Å². The average Bonchev–Trinajstić information content (AvgIpc) is 3.88. The van der Waals surface area contributed by atoms with Crippen LogP contribution in [0.25, 0.3) is 0 Å². The Kier molecular flexibility index (Phi) is 56.3. The fourth-order valence-electron chi connectivity index (χ4n) is 8.54. The molecule has 2 heterocycles. The Bertz CT molecular complexity index is 1200. The van der Waals surface area contributed by atoms with E-state index < -0.39 is 23.9 Å². The van der Waals surface area contributed by atoms with E-state index in [0.717, 1.165) is 128 Å².